The zero-order valence-corrected chi connectivity index (χ0v) is 12.6. The molecule has 5 heteroatoms. The van der Waals surface area contributed by atoms with E-state index in [2.05, 4.69) is 16.3 Å². The molecule has 0 saturated carbocycles. The van der Waals surface area contributed by atoms with Gasteiger partial charge < -0.3 is 9.47 Å². The molecule has 1 N–H and O–H groups in total. The molecule has 0 radical (unpaired) electrons. The predicted molar refractivity (Wildman–Crippen MR) is 85.5 cm³/mol. The minimum absolute atomic E-state index is 0.178. The van der Waals surface area contributed by atoms with Gasteiger partial charge in [0.05, 0.1) is 24.8 Å². The summed E-state index contributed by atoms with van der Waals surface area (Å²) in [6.07, 6.45) is 1.13. The summed E-state index contributed by atoms with van der Waals surface area (Å²) in [4.78, 5) is 0. The quantitative estimate of drug-likeness (QED) is 0.799. The molecular weight excluding hydrogens is 295 g/mol. The maximum absolute atomic E-state index is 13.5. The van der Waals surface area contributed by atoms with Gasteiger partial charge in [-0.25, -0.2) is 4.39 Å². The predicted octanol–water partition coefficient (Wildman–Crippen LogP) is 3.67. The van der Waals surface area contributed by atoms with Gasteiger partial charge in [-0.2, -0.15) is 5.10 Å². The lowest BCUT2D eigenvalue weighted by Gasteiger charge is -2.09. The number of rotatable bonds is 4. The summed E-state index contributed by atoms with van der Waals surface area (Å²) in [5, 5.41) is 8.30. The molecule has 23 heavy (non-hydrogen) atoms. The van der Waals surface area contributed by atoms with Gasteiger partial charge in [0.1, 0.15) is 11.5 Å². The number of nitrogens with zero attached hydrogens (tertiary/aromatic N) is 1. The Morgan fingerprint density at radius 3 is 3.04 bits per heavy atom. The zero-order chi connectivity index (χ0) is 15.6. The van der Waals surface area contributed by atoms with E-state index in [4.69, 9.17) is 9.47 Å². The number of H-pyrrole nitrogens is 1. The molecule has 1 unspecified atom stereocenters. The van der Waals surface area contributed by atoms with Gasteiger partial charge in [0.2, 0.25) is 0 Å². The van der Waals surface area contributed by atoms with Crippen LogP contribution in [-0.4, -0.2) is 29.5 Å². The van der Waals surface area contributed by atoms with Gasteiger partial charge in [-0.15, -0.1) is 0 Å². The highest BCUT2D eigenvalue weighted by Gasteiger charge is 2.16. The first kappa shape index (κ1) is 14.4. The van der Waals surface area contributed by atoms with E-state index >= 15 is 0 Å². The van der Waals surface area contributed by atoms with E-state index in [-0.39, 0.29) is 11.9 Å². The van der Waals surface area contributed by atoms with Gasteiger partial charge in [0, 0.05) is 17.6 Å². The SMILES string of the molecule is Fc1cccc(-c2n[nH]c3ccc(COC4CCOC4)cc23)c1. The Morgan fingerprint density at radius 1 is 1.26 bits per heavy atom. The van der Waals surface area contributed by atoms with E-state index in [1.165, 1.54) is 12.1 Å². The molecule has 0 aliphatic carbocycles. The highest BCUT2D eigenvalue weighted by Crippen LogP contribution is 2.28. The van der Waals surface area contributed by atoms with Crippen molar-refractivity contribution in [3.63, 3.8) is 0 Å². The van der Waals surface area contributed by atoms with Crippen LogP contribution >= 0.6 is 0 Å². The second kappa shape index (κ2) is 6.10. The summed E-state index contributed by atoms with van der Waals surface area (Å²) in [5.41, 5.74) is 3.52. The average Bonchev–Trinajstić information content (AvgIpc) is 3.22. The summed E-state index contributed by atoms with van der Waals surface area (Å²) in [6, 6.07) is 12.5. The van der Waals surface area contributed by atoms with Crippen LogP contribution in [0.3, 0.4) is 0 Å². The minimum Gasteiger partial charge on any atom is -0.379 e. The van der Waals surface area contributed by atoms with Gasteiger partial charge in [-0.05, 0) is 36.2 Å². The molecule has 1 aliphatic rings. The molecule has 3 aromatic rings. The van der Waals surface area contributed by atoms with Gasteiger partial charge in [0.25, 0.3) is 0 Å². The molecular formula is C18H17FN2O2. The van der Waals surface area contributed by atoms with Crippen LogP contribution in [0.5, 0.6) is 0 Å². The smallest absolute Gasteiger partial charge is 0.123 e. The Kier molecular flexibility index (Phi) is 3.81. The highest BCUT2D eigenvalue weighted by molar-refractivity contribution is 5.93. The van der Waals surface area contributed by atoms with E-state index in [0.29, 0.717) is 13.2 Å². The number of fused-ring (bicyclic) bond motifs is 1. The van der Waals surface area contributed by atoms with Gasteiger partial charge in [-0.3, -0.25) is 5.10 Å². The van der Waals surface area contributed by atoms with Crippen molar-refractivity contribution < 1.29 is 13.9 Å². The standard InChI is InChI=1S/C18H17FN2O2/c19-14-3-1-2-13(9-14)18-16-8-12(4-5-17(16)20-21-18)10-23-15-6-7-22-11-15/h1-5,8-9,15H,6-7,10-11H2,(H,20,21). The van der Waals surface area contributed by atoms with Crippen molar-refractivity contribution in [3.8, 4) is 11.3 Å². The van der Waals surface area contributed by atoms with Crippen LogP contribution in [0.2, 0.25) is 0 Å². The van der Waals surface area contributed by atoms with E-state index < -0.39 is 0 Å². The summed E-state index contributed by atoms with van der Waals surface area (Å²) in [5.74, 6) is -0.264. The molecule has 1 fully saturated rings. The number of aromatic nitrogens is 2. The molecule has 0 amide bonds. The van der Waals surface area contributed by atoms with Crippen LogP contribution in [0.15, 0.2) is 42.5 Å². The molecule has 1 aliphatic heterocycles. The molecule has 4 rings (SSSR count). The van der Waals surface area contributed by atoms with Gasteiger partial charge in [-0.1, -0.05) is 18.2 Å². The number of ether oxygens (including phenoxy) is 2. The van der Waals surface area contributed by atoms with Crippen molar-refractivity contribution in [1.29, 1.82) is 0 Å². The third-order valence-corrected chi connectivity index (χ3v) is 4.10. The van der Waals surface area contributed by atoms with Crippen LogP contribution in [0, 0.1) is 5.82 Å². The number of halogens is 1. The number of aromatic amines is 1. The first-order valence-corrected chi connectivity index (χ1v) is 7.72. The maximum Gasteiger partial charge on any atom is 0.123 e. The Morgan fingerprint density at radius 2 is 2.22 bits per heavy atom. The second-order valence-corrected chi connectivity index (χ2v) is 5.76. The molecule has 2 heterocycles. The van der Waals surface area contributed by atoms with E-state index in [1.54, 1.807) is 6.07 Å². The van der Waals surface area contributed by atoms with E-state index in [1.807, 2.05) is 18.2 Å². The second-order valence-electron chi connectivity index (χ2n) is 5.76. The molecule has 2 aromatic carbocycles. The highest BCUT2D eigenvalue weighted by atomic mass is 19.1. The fourth-order valence-corrected chi connectivity index (χ4v) is 2.87. The van der Waals surface area contributed by atoms with Crippen LogP contribution < -0.4 is 0 Å². The average molecular weight is 312 g/mol. The molecule has 4 nitrogen and oxygen atoms in total. The molecule has 118 valence electrons. The topological polar surface area (TPSA) is 47.1 Å². The summed E-state index contributed by atoms with van der Waals surface area (Å²) >= 11 is 0. The number of benzene rings is 2. The zero-order valence-electron chi connectivity index (χ0n) is 12.6. The van der Waals surface area contributed by atoms with Crippen molar-refractivity contribution in [2.24, 2.45) is 0 Å². The van der Waals surface area contributed by atoms with Gasteiger partial charge in [0.15, 0.2) is 0 Å². The molecule has 1 atom stereocenters. The van der Waals surface area contributed by atoms with Crippen molar-refractivity contribution in [2.75, 3.05) is 13.2 Å². The minimum atomic E-state index is -0.264. The Bertz CT molecular complexity index is 825. The molecule has 0 spiro atoms. The first-order valence-electron chi connectivity index (χ1n) is 7.72. The van der Waals surface area contributed by atoms with Crippen LogP contribution in [0.1, 0.15) is 12.0 Å². The number of hydrogen-bond donors (Lipinski definition) is 1. The van der Waals surface area contributed by atoms with Crippen LogP contribution in [0.4, 0.5) is 4.39 Å². The lowest BCUT2D eigenvalue weighted by atomic mass is 10.1. The van der Waals surface area contributed by atoms with Crippen molar-refractivity contribution >= 4 is 10.9 Å². The lowest BCUT2D eigenvalue weighted by Crippen LogP contribution is -2.11. The van der Waals surface area contributed by atoms with E-state index in [0.717, 1.165) is 40.8 Å². The normalized spacial score (nSPS) is 17.9. The maximum atomic E-state index is 13.5. The number of hydrogen-bond acceptors (Lipinski definition) is 3. The molecule has 1 saturated heterocycles. The Hall–Kier alpha value is -2.24. The summed E-state index contributed by atoms with van der Waals surface area (Å²) < 4.78 is 24.6. The summed E-state index contributed by atoms with van der Waals surface area (Å²) in [6.45, 7) is 1.98. The molecule has 1 aromatic heterocycles. The van der Waals surface area contributed by atoms with Crippen molar-refractivity contribution in [1.82, 2.24) is 10.2 Å². The number of nitrogens with one attached hydrogen (secondary N) is 1. The summed E-state index contributed by atoms with van der Waals surface area (Å²) in [7, 11) is 0. The Labute approximate surface area is 133 Å². The first-order chi connectivity index (χ1) is 11.3. The monoisotopic (exact) mass is 312 g/mol. The fraction of sp³-hybridized carbons (Fsp3) is 0.278. The van der Waals surface area contributed by atoms with Crippen molar-refractivity contribution in [3.05, 3.63) is 53.8 Å². The third kappa shape index (κ3) is 2.98. The molecule has 0 bridgehead atoms. The van der Waals surface area contributed by atoms with Crippen LogP contribution in [0.25, 0.3) is 22.2 Å². The van der Waals surface area contributed by atoms with Gasteiger partial charge >= 0.3 is 0 Å². The third-order valence-electron chi connectivity index (χ3n) is 4.10. The van der Waals surface area contributed by atoms with E-state index in [9.17, 15) is 4.39 Å². The lowest BCUT2D eigenvalue weighted by molar-refractivity contribution is 0.0318. The Balaban J connectivity index is 1.63. The largest absolute Gasteiger partial charge is 0.379 e. The fourth-order valence-electron chi connectivity index (χ4n) is 2.87. The van der Waals surface area contributed by atoms with Crippen molar-refractivity contribution in [2.45, 2.75) is 19.1 Å². The van der Waals surface area contributed by atoms with Crippen LogP contribution in [-0.2, 0) is 16.1 Å².